The molecule has 3 nitrogen and oxygen atoms in total. The van der Waals surface area contributed by atoms with Gasteiger partial charge in [0.25, 0.3) is 6.71 Å². The molecule has 11 aromatic rings. The molecule has 10 aromatic carbocycles. The van der Waals surface area contributed by atoms with Crippen LogP contribution in [0.5, 0.6) is 0 Å². The van der Waals surface area contributed by atoms with Gasteiger partial charge < -0.3 is 14.4 Å². The first kappa shape index (κ1) is 56.5. The van der Waals surface area contributed by atoms with E-state index < -0.39 is 0 Å². The van der Waals surface area contributed by atoms with Gasteiger partial charge in [0.2, 0.25) is 0 Å². The first-order valence-corrected chi connectivity index (χ1v) is 31.8. The van der Waals surface area contributed by atoms with Gasteiger partial charge in [-0.15, -0.1) is 0 Å². The van der Waals surface area contributed by atoms with Crippen LogP contribution in [0.4, 0.5) is 34.1 Å². The molecule has 0 atom stereocenters. The average molecular weight is 1130 g/mol. The smallest absolute Gasteiger partial charge is 0.252 e. The molecular formula is C83H84BN3. The lowest BCUT2D eigenvalue weighted by atomic mass is 9.33. The first-order valence-electron chi connectivity index (χ1n) is 31.8. The molecule has 0 radical (unpaired) electrons. The Morgan fingerprint density at radius 3 is 1.17 bits per heavy atom. The highest BCUT2D eigenvalue weighted by atomic mass is 15.2. The second kappa shape index (κ2) is 19.6. The van der Waals surface area contributed by atoms with Crippen molar-refractivity contribution >= 4 is 79.0 Å². The number of fused-ring (bicyclic) bond motifs is 8. The normalized spacial score (nSPS) is 15.2. The van der Waals surface area contributed by atoms with Crippen molar-refractivity contribution in [3.05, 3.63) is 240 Å². The minimum atomic E-state index is -0.131. The van der Waals surface area contributed by atoms with Crippen LogP contribution < -0.4 is 26.2 Å². The summed E-state index contributed by atoms with van der Waals surface area (Å²) in [6.07, 6.45) is 1.14. The maximum atomic E-state index is 2.65. The van der Waals surface area contributed by atoms with E-state index in [2.05, 4.69) is 331 Å². The Hall–Kier alpha value is -8.34. The van der Waals surface area contributed by atoms with Gasteiger partial charge in [0.05, 0.1) is 16.7 Å². The number of rotatable bonds is 6. The topological polar surface area (TPSA) is 11.4 Å². The van der Waals surface area contributed by atoms with Crippen molar-refractivity contribution in [1.29, 1.82) is 0 Å². The zero-order valence-corrected chi connectivity index (χ0v) is 54.3. The number of nitrogens with zero attached hydrogens (tertiary/aromatic N) is 3. The number of hydrogen-bond donors (Lipinski definition) is 0. The Balaban J connectivity index is 1.08. The molecule has 0 saturated carbocycles. The van der Waals surface area contributed by atoms with Crippen molar-refractivity contribution in [3.8, 4) is 39.1 Å². The largest absolute Gasteiger partial charge is 0.311 e. The summed E-state index contributed by atoms with van der Waals surface area (Å²) in [5, 5.41) is 2.49. The van der Waals surface area contributed by atoms with Crippen molar-refractivity contribution in [3.63, 3.8) is 0 Å². The van der Waals surface area contributed by atoms with Gasteiger partial charge in [-0.25, -0.2) is 0 Å². The molecule has 1 aromatic heterocycles. The van der Waals surface area contributed by atoms with E-state index in [1.165, 1.54) is 133 Å². The molecular weight excluding hydrogens is 1050 g/mol. The lowest BCUT2D eigenvalue weighted by Gasteiger charge is -2.45. The van der Waals surface area contributed by atoms with Crippen molar-refractivity contribution in [2.24, 2.45) is 0 Å². The van der Waals surface area contributed by atoms with E-state index in [9.17, 15) is 0 Å². The Morgan fingerprint density at radius 1 is 0.322 bits per heavy atom. The lowest BCUT2D eigenvalue weighted by molar-refractivity contribution is 0.403. The van der Waals surface area contributed by atoms with Crippen molar-refractivity contribution < 1.29 is 0 Å². The first-order chi connectivity index (χ1) is 41.1. The molecule has 0 spiro atoms. The highest BCUT2D eigenvalue weighted by Gasteiger charge is 2.45. The van der Waals surface area contributed by atoms with Crippen LogP contribution >= 0.6 is 0 Å². The molecule has 14 rings (SSSR count). The van der Waals surface area contributed by atoms with E-state index >= 15 is 0 Å². The van der Waals surface area contributed by atoms with Gasteiger partial charge in [0, 0.05) is 44.9 Å². The third kappa shape index (κ3) is 9.47. The number of para-hydroxylation sites is 2. The molecule has 0 N–H and O–H groups in total. The molecule has 0 saturated heterocycles. The van der Waals surface area contributed by atoms with Crippen molar-refractivity contribution in [2.45, 2.75) is 150 Å². The number of hydrogen-bond acceptors (Lipinski definition) is 2. The fraction of sp³-hybridized carbons (Fsp3) is 0.277. The van der Waals surface area contributed by atoms with Crippen LogP contribution in [0.3, 0.4) is 0 Å². The molecule has 2 aliphatic heterocycles. The highest BCUT2D eigenvalue weighted by molar-refractivity contribution is 7.00. The minimum Gasteiger partial charge on any atom is -0.311 e. The summed E-state index contributed by atoms with van der Waals surface area (Å²) in [4.78, 5) is 5.26. The molecule has 0 bridgehead atoms. The highest BCUT2D eigenvalue weighted by Crippen LogP contribution is 2.52. The fourth-order valence-corrected chi connectivity index (χ4v) is 15.1. The van der Waals surface area contributed by atoms with Crippen LogP contribution in [0, 0.1) is 0 Å². The van der Waals surface area contributed by atoms with E-state index in [1.54, 1.807) is 0 Å². The second-order valence-corrected chi connectivity index (χ2v) is 31.1. The SMILES string of the molecule is CC(C)(C)c1ccc(-c2ccc3c(c2)B2c4cc(-c5ccc(C(C)(C)C)cc5)ccc4N(c4cc(C(C)(C)C)cc(C(C)(C)C)c4)c4cc(-n5c6ccccc6c6ccccc65)cc(c42)N3c2ccc(-c3ccc4c(c3)C(C)(C)CC4(C)C)cc2)cc1. The number of anilines is 6. The summed E-state index contributed by atoms with van der Waals surface area (Å²) in [6.45, 7) is 37.5. The summed E-state index contributed by atoms with van der Waals surface area (Å²) in [5.41, 5.74) is 30.1. The zero-order chi connectivity index (χ0) is 61.1. The van der Waals surface area contributed by atoms with E-state index in [0.717, 1.165) is 17.8 Å². The molecule has 0 fully saturated rings. The second-order valence-electron chi connectivity index (χ2n) is 31.1. The molecule has 434 valence electrons. The Morgan fingerprint density at radius 2 is 0.713 bits per heavy atom. The standard InChI is InChI=1S/C83H84BN3/c1-78(2,3)58-34-25-52(26-35-58)56-32-41-73-69(44-56)84-70-45-57(53-27-36-59(37-28-53)79(4,5)6)33-42-74(70)87(63-47-60(80(7,8)9)46-61(48-63)81(10,11)12)76-50-64(86-71-23-19-17-21-65(71)66-22-18-20-24-72(66)86)49-75(77(76)84)85(73)62-38-29-54(30-39-62)55-31-40-67-68(43-55)83(15,16)51-82(67,13)14/h17-50H,51H2,1-16H3. The van der Waals surface area contributed by atoms with Crippen molar-refractivity contribution in [2.75, 3.05) is 9.80 Å². The van der Waals surface area contributed by atoms with Crippen LogP contribution in [-0.4, -0.2) is 11.3 Å². The average Bonchev–Trinajstić information content (AvgIpc) is 0.908. The quantitative estimate of drug-likeness (QED) is 0.154. The summed E-state index contributed by atoms with van der Waals surface area (Å²) in [5.74, 6) is 0. The molecule has 0 amide bonds. The Kier molecular flexibility index (Phi) is 12.7. The van der Waals surface area contributed by atoms with Gasteiger partial charge in [0.15, 0.2) is 0 Å². The lowest BCUT2D eigenvalue weighted by Crippen LogP contribution is -2.61. The number of aromatic nitrogens is 1. The third-order valence-corrected chi connectivity index (χ3v) is 19.8. The van der Waals surface area contributed by atoms with Crippen LogP contribution in [0.2, 0.25) is 0 Å². The van der Waals surface area contributed by atoms with Crippen LogP contribution in [-0.2, 0) is 32.5 Å². The molecule has 0 unspecified atom stereocenters. The molecule has 1 aliphatic carbocycles. The zero-order valence-electron chi connectivity index (χ0n) is 54.3. The maximum Gasteiger partial charge on any atom is 0.252 e. The monoisotopic (exact) mass is 1130 g/mol. The fourth-order valence-electron chi connectivity index (χ4n) is 15.1. The molecule has 3 heterocycles. The van der Waals surface area contributed by atoms with Crippen LogP contribution in [0.25, 0.3) is 60.9 Å². The summed E-state index contributed by atoms with van der Waals surface area (Å²) in [6, 6.07) is 80.6. The van der Waals surface area contributed by atoms with E-state index in [0.29, 0.717) is 0 Å². The third-order valence-electron chi connectivity index (χ3n) is 19.8. The predicted molar refractivity (Wildman–Crippen MR) is 377 cm³/mol. The van der Waals surface area contributed by atoms with E-state index in [-0.39, 0.29) is 39.2 Å². The van der Waals surface area contributed by atoms with Gasteiger partial charge >= 0.3 is 0 Å². The molecule has 3 aliphatic rings. The summed E-state index contributed by atoms with van der Waals surface area (Å²) < 4.78 is 2.53. The van der Waals surface area contributed by atoms with Gasteiger partial charge in [-0.1, -0.05) is 256 Å². The van der Waals surface area contributed by atoms with Crippen molar-refractivity contribution in [1.82, 2.24) is 4.57 Å². The van der Waals surface area contributed by atoms with Crippen LogP contribution in [0.1, 0.15) is 151 Å². The van der Waals surface area contributed by atoms with Gasteiger partial charge in [0.1, 0.15) is 0 Å². The van der Waals surface area contributed by atoms with E-state index in [4.69, 9.17) is 0 Å². The summed E-state index contributed by atoms with van der Waals surface area (Å²) >= 11 is 0. The molecule has 4 heteroatoms. The minimum absolute atomic E-state index is 0.0408. The molecule has 87 heavy (non-hydrogen) atoms. The van der Waals surface area contributed by atoms with Gasteiger partial charge in [-0.2, -0.15) is 0 Å². The predicted octanol–water partition coefficient (Wildman–Crippen LogP) is 21.0. The van der Waals surface area contributed by atoms with Gasteiger partial charge in [-0.3, -0.25) is 0 Å². The van der Waals surface area contributed by atoms with E-state index in [1.807, 2.05) is 0 Å². The Bertz CT molecular complexity index is 4470. The van der Waals surface area contributed by atoms with Crippen LogP contribution in [0.15, 0.2) is 206 Å². The maximum absolute atomic E-state index is 2.65. The van der Waals surface area contributed by atoms with Gasteiger partial charge in [-0.05, 0) is 183 Å². The summed E-state index contributed by atoms with van der Waals surface area (Å²) in [7, 11) is 0. The number of benzene rings is 10. The Labute approximate surface area is 518 Å².